The maximum Gasteiger partial charge on any atom is 0.140 e. The maximum atomic E-state index is 9.21. The fourth-order valence-corrected chi connectivity index (χ4v) is 0.749. The SMILES string of the molecule is [2H][C@]1(O)C=CC=C(OC)[C@H]1O. The summed E-state index contributed by atoms with van der Waals surface area (Å²) in [6.07, 6.45) is 0.921. The van der Waals surface area contributed by atoms with E-state index in [1.807, 2.05) is 0 Å². The summed E-state index contributed by atoms with van der Waals surface area (Å²) in [5.74, 6) is 0.199. The van der Waals surface area contributed by atoms with Gasteiger partial charge in [0.2, 0.25) is 0 Å². The van der Waals surface area contributed by atoms with Gasteiger partial charge in [-0.3, -0.25) is 0 Å². The highest BCUT2D eigenvalue weighted by Gasteiger charge is 2.20. The van der Waals surface area contributed by atoms with Crippen molar-refractivity contribution >= 4 is 0 Å². The Hall–Kier alpha value is -0.800. The Kier molecular flexibility index (Phi) is 1.70. The first-order chi connectivity index (χ1) is 5.08. The Balaban J connectivity index is 2.86. The molecule has 1 rings (SSSR count). The first-order valence-corrected chi connectivity index (χ1v) is 2.92. The monoisotopic (exact) mass is 143 g/mol. The summed E-state index contributed by atoms with van der Waals surface area (Å²) in [5, 5.41) is 18.4. The van der Waals surface area contributed by atoms with Crippen LogP contribution in [0, 0.1) is 0 Å². The average molecular weight is 143 g/mol. The average Bonchev–Trinajstić information content (AvgIpc) is 1.95. The molecule has 0 heterocycles. The van der Waals surface area contributed by atoms with E-state index in [4.69, 9.17) is 11.2 Å². The highest BCUT2D eigenvalue weighted by molar-refractivity contribution is 5.20. The molecule has 0 saturated heterocycles. The molecule has 56 valence electrons. The van der Waals surface area contributed by atoms with Gasteiger partial charge >= 0.3 is 0 Å². The van der Waals surface area contributed by atoms with Crippen molar-refractivity contribution in [3.8, 4) is 0 Å². The van der Waals surface area contributed by atoms with Crippen LogP contribution in [0.4, 0.5) is 0 Å². The topological polar surface area (TPSA) is 49.7 Å². The summed E-state index contributed by atoms with van der Waals surface area (Å²) in [4.78, 5) is 0. The zero-order valence-electron chi connectivity index (χ0n) is 6.61. The lowest BCUT2D eigenvalue weighted by molar-refractivity contribution is 0.0337. The van der Waals surface area contributed by atoms with Crippen LogP contribution in [-0.4, -0.2) is 29.5 Å². The summed E-state index contributed by atoms with van der Waals surface area (Å²) < 4.78 is 11.9. The molecule has 0 radical (unpaired) electrons. The molecule has 2 atom stereocenters. The molecule has 1 aliphatic rings. The third-order valence-electron chi connectivity index (χ3n) is 1.31. The molecule has 0 aliphatic heterocycles. The van der Waals surface area contributed by atoms with Gasteiger partial charge in [0.25, 0.3) is 0 Å². The summed E-state index contributed by atoms with van der Waals surface area (Å²) in [7, 11) is 1.38. The van der Waals surface area contributed by atoms with Crippen LogP contribution in [0.1, 0.15) is 1.37 Å². The predicted octanol–water partition coefficient (Wildman–Crippen LogP) is -0.192. The van der Waals surface area contributed by atoms with Gasteiger partial charge in [0.1, 0.15) is 17.9 Å². The van der Waals surface area contributed by atoms with Gasteiger partial charge in [0.15, 0.2) is 0 Å². The van der Waals surface area contributed by atoms with Crippen molar-refractivity contribution in [2.45, 2.75) is 12.2 Å². The Morgan fingerprint density at radius 3 is 2.90 bits per heavy atom. The number of rotatable bonds is 1. The minimum absolute atomic E-state index is 0.199. The molecule has 0 bridgehead atoms. The van der Waals surface area contributed by atoms with Crippen molar-refractivity contribution in [2.75, 3.05) is 7.11 Å². The van der Waals surface area contributed by atoms with Crippen LogP contribution in [0.3, 0.4) is 0 Å². The van der Waals surface area contributed by atoms with E-state index in [0.29, 0.717) is 0 Å². The fourth-order valence-electron chi connectivity index (χ4n) is 0.749. The van der Waals surface area contributed by atoms with E-state index in [1.165, 1.54) is 25.3 Å². The lowest BCUT2D eigenvalue weighted by Gasteiger charge is -2.19. The van der Waals surface area contributed by atoms with E-state index in [0.717, 1.165) is 0 Å². The number of ether oxygens (including phenoxy) is 1. The lowest BCUT2D eigenvalue weighted by atomic mass is 10.1. The van der Waals surface area contributed by atoms with Gasteiger partial charge in [-0.05, 0) is 6.08 Å². The quantitative estimate of drug-likeness (QED) is 0.535. The van der Waals surface area contributed by atoms with E-state index in [9.17, 15) is 5.11 Å². The molecular weight excluding hydrogens is 132 g/mol. The molecule has 0 saturated carbocycles. The Labute approximate surface area is 60.7 Å². The molecule has 0 fully saturated rings. The van der Waals surface area contributed by atoms with Gasteiger partial charge in [-0.15, -0.1) is 0 Å². The molecule has 0 aromatic rings. The van der Waals surface area contributed by atoms with Crippen molar-refractivity contribution in [3.05, 3.63) is 24.0 Å². The van der Waals surface area contributed by atoms with Crippen molar-refractivity contribution < 1.29 is 16.3 Å². The largest absolute Gasteiger partial charge is 0.498 e. The fraction of sp³-hybridized carbons (Fsp3) is 0.429. The molecular formula is C7H10O3. The second kappa shape index (κ2) is 2.86. The van der Waals surface area contributed by atoms with Crippen molar-refractivity contribution in [1.82, 2.24) is 0 Å². The normalized spacial score (nSPS) is 40.5. The molecule has 3 heteroatoms. The van der Waals surface area contributed by atoms with Gasteiger partial charge in [-0.25, -0.2) is 0 Å². The third-order valence-corrected chi connectivity index (χ3v) is 1.31. The lowest BCUT2D eigenvalue weighted by Crippen LogP contribution is -2.28. The van der Waals surface area contributed by atoms with Crippen LogP contribution >= 0.6 is 0 Å². The standard InChI is InChI=1S/C7H10O3/c1-10-6-4-2-3-5(8)7(6)9/h2-5,7-9H,1H3/t5-,7-/m0/s1/i5D. The van der Waals surface area contributed by atoms with Crippen LogP contribution in [0.15, 0.2) is 24.0 Å². The molecule has 0 unspecified atom stereocenters. The summed E-state index contributed by atoms with van der Waals surface area (Å²) in [6.45, 7) is 0. The molecule has 0 spiro atoms. The van der Waals surface area contributed by atoms with Crippen LogP contribution in [-0.2, 0) is 4.74 Å². The van der Waals surface area contributed by atoms with Crippen LogP contribution in [0.2, 0.25) is 0 Å². The van der Waals surface area contributed by atoms with E-state index in [2.05, 4.69) is 0 Å². The van der Waals surface area contributed by atoms with Gasteiger partial charge < -0.3 is 14.9 Å². The molecule has 0 amide bonds. The summed E-state index contributed by atoms with van der Waals surface area (Å²) >= 11 is 0. The van der Waals surface area contributed by atoms with Crippen molar-refractivity contribution in [3.63, 3.8) is 0 Å². The van der Waals surface area contributed by atoms with Gasteiger partial charge in [0.05, 0.1) is 8.48 Å². The van der Waals surface area contributed by atoms with Crippen LogP contribution < -0.4 is 0 Å². The minimum atomic E-state index is -1.96. The number of hydrogen-bond acceptors (Lipinski definition) is 3. The van der Waals surface area contributed by atoms with Crippen molar-refractivity contribution in [1.29, 1.82) is 0 Å². The molecule has 10 heavy (non-hydrogen) atoms. The minimum Gasteiger partial charge on any atom is -0.498 e. The first kappa shape index (κ1) is 5.95. The summed E-state index contributed by atoms with van der Waals surface area (Å²) in [6, 6.07) is 0. The highest BCUT2D eigenvalue weighted by Crippen LogP contribution is 2.13. The molecule has 1 aliphatic carbocycles. The van der Waals surface area contributed by atoms with Crippen LogP contribution in [0.5, 0.6) is 0 Å². The van der Waals surface area contributed by atoms with Gasteiger partial charge in [-0.1, -0.05) is 12.2 Å². The van der Waals surface area contributed by atoms with E-state index in [-0.39, 0.29) is 5.76 Å². The zero-order valence-corrected chi connectivity index (χ0v) is 5.61. The highest BCUT2D eigenvalue weighted by atomic mass is 16.5. The van der Waals surface area contributed by atoms with Crippen molar-refractivity contribution in [2.24, 2.45) is 0 Å². The second-order valence-electron chi connectivity index (χ2n) is 1.96. The first-order valence-electron chi connectivity index (χ1n) is 3.42. The maximum absolute atomic E-state index is 9.21. The Morgan fingerprint density at radius 1 is 1.70 bits per heavy atom. The van der Waals surface area contributed by atoms with E-state index in [1.54, 1.807) is 0 Å². The molecule has 3 nitrogen and oxygen atoms in total. The number of methoxy groups -OCH3 is 1. The van der Waals surface area contributed by atoms with E-state index < -0.39 is 12.2 Å². The predicted molar refractivity (Wildman–Crippen MR) is 36.2 cm³/mol. The second-order valence-corrected chi connectivity index (χ2v) is 1.96. The van der Waals surface area contributed by atoms with Gasteiger partial charge in [0, 0.05) is 0 Å². The smallest absolute Gasteiger partial charge is 0.140 e. The number of allylic oxidation sites excluding steroid dienone is 2. The molecule has 2 N–H and O–H groups in total. The summed E-state index contributed by atoms with van der Waals surface area (Å²) in [5.41, 5.74) is 0. The zero-order chi connectivity index (χ0) is 8.48. The Morgan fingerprint density at radius 2 is 2.40 bits per heavy atom. The number of aliphatic hydroxyl groups excluding tert-OH is 1. The Bertz CT molecular complexity index is 208. The number of aliphatic hydroxyl groups is 2. The molecule has 0 aromatic heterocycles. The van der Waals surface area contributed by atoms with Gasteiger partial charge in [-0.2, -0.15) is 0 Å². The third kappa shape index (κ3) is 1.20. The van der Waals surface area contributed by atoms with Crippen LogP contribution in [0.25, 0.3) is 0 Å². The number of hydrogen-bond donors (Lipinski definition) is 2. The molecule has 0 aromatic carbocycles. The van der Waals surface area contributed by atoms with E-state index >= 15 is 0 Å².